The van der Waals surface area contributed by atoms with Gasteiger partial charge in [0.25, 0.3) is 11.8 Å². The molecule has 0 saturated carbocycles. The first kappa shape index (κ1) is 33.8. The van der Waals surface area contributed by atoms with Crippen LogP contribution in [0.15, 0.2) is 56.1 Å². The van der Waals surface area contributed by atoms with Gasteiger partial charge in [-0.2, -0.15) is 18.3 Å². The molecule has 14 nitrogen and oxygen atoms in total. The normalized spacial score (nSPS) is 23.9. The zero-order chi connectivity index (χ0) is 35.2. The van der Waals surface area contributed by atoms with Gasteiger partial charge in [0.1, 0.15) is 23.8 Å². The second-order valence-electron chi connectivity index (χ2n) is 12.6. The molecule has 0 bridgehead atoms. The van der Waals surface area contributed by atoms with Crippen LogP contribution >= 0.6 is 11.6 Å². The number of aliphatic imine (C=N–C) groups is 2. The van der Waals surface area contributed by atoms with Crippen molar-refractivity contribution < 1.29 is 32.3 Å². The van der Waals surface area contributed by atoms with Crippen molar-refractivity contribution in [3.63, 3.8) is 0 Å². The summed E-state index contributed by atoms with van der Waals surface area (Å²) in [5, 5.41) is 7.88. The van der Waals surface area contributed by atoms with Gasteiger partial charge in [0.2, 0.25) is 12.2 Å². The SMILES string of the molecule is CCC1=C(N2CCN(C(=O)C3=C4NN=CC4CC=N3)CC2)C(=O)N2NC(C3CCOCC3)=NC2N1CC(=O)Nc1ccc(C(F)(F)F)cc1Cl. The Morgan fingerprint density at radius 3 is 2.60 bits per heavy atom. The maximum atomic E-state index is 14.3. The molecule has 2 fully saturated rings. The van der Waals surface area contributed by atoms with Gasteiger partial charge >= 0.3 is 6.18 Å². The molecule has 3 amide bonds. The van der Waals surface area contributed by atoms with Crippen molar-refractivity contribution in [1.82, 2.24) is 30.6 Å². The molecule has 2 unspecified atom stereocenters. The summed E-state index contributed by atoms with van der Waals surface area (Å²) in [6.45, 7) is 4.09. The number of benzene rings is 1. The zero-order valence-electron chi connectivity index (χ0n) is 27.2. The van der Waals surface area contributed by atoms with Crippen LogP contribution in [0, 0.1) is 11.8 Å². The van der Waals surface area contributed by atoms with Crippen LogP contribution in [-0.2, 0) is 25.3 Å². The molecule has 266 valence electrons. The van der Waals surface area contributed by atoms with Crippen LogP contribution in [0.2, 0.25) is 5.02 Å². The first-order chi connectivity index (χ1) is 24.0. The lowest BCUT2D eigenvalue weighted by atomic mass is 9.99. The minimum Gasteiger partial charge on any atom is -0.381 e. The number of carbonyl (C=O) groups is 3. The Hall–Kier alpha value is -4.64. The molecule has 1 aromatic rings. The van der Waals surface area contributed by atoms with E-state index in [1.807, 2.05) is 11.8 Å². The molecule has 0 spiro atoms. The molecule has 50 heavy (non-hydrogen) atoms. The van der Waals surface area contributed by atoms with Crippen molar-refractivity contribution in [2.45, 2.75) is 45.1 Å². The Morgan fingerprint density at radius 1 is 1.14 bits per heavy atom. The van der Waals surface area contributed by atoms with Crippen LogP contribution in [0.3, 0.4) is 0 Å². The van der Waals surface area contributed by atoms with Gasteiger partial charge < -0.3 is 24.8 Å². The van der Waals surface area contributed by atoms with E-state index in [1.165, 1.54) is 5.01 Å². The Morgan fingerprint density at radius 2 is 1.90 bits per heavy atom. The predicted octanol–water partition coefficient (Wildman–Crippen LogP) is 2.73. The third-order valence-electron chi connectivity index (χ3n) is 9.60. The van der Waals surface area contributed by atoms with Gasteiger partial charge in [0.15, 0.2) is 0 Å². The summed E-state index contributed by atoms with van der Waals surface area (Å²) in [7, 11) is 0. The lowest BCUT2D eigenvalue weighted by Crippen LogP contribution is -2.61. The number of rotatable bonds is 7. The monoisotopic (exact) mass is 716 g/mol. The van der Waals surface area contributed by atoms with E-state index in [1.54, 1.807) is 22.2 Å². The molecular formula is C32H36ClF3N10O4. The lowest BCUT2D eigenvalue weighted by Gasteiger charge is -2.45. The molecule has 0 aromatic heterocycles. The average Bonchev–Trinajstić information content (AvgIpc) is 3.78. The van der Waals surface area contributed by atoms with E-state index in [-0.39, 0.29) is 40.9 Å². The molecule has 6 heterocycles. The third-order valence-corrected chi connectivity index (χ3v) is 9.91. The summed E-state index contributed by atoms with van der Waals surface area (Å²) < 4.78 is 45.1. The third kappa shape index (κ3) is 6.39. The van der Waals surface area contributed by atoms with Crippen LogP contribution < -0.4 is 16.2 Å². The number of halogens is 4. The standard InChI is InChI=1S/C32H36ClF3N10O4/c1-2-23-27(43-9-11-44(12-10-43)29(48)26-25-19(5-8-37-26)16-38-41-25)30(49)46-31(40-28(42-46)18-6-13-50-14-7-18)45(23)17-24(47)39-22-4-3-20(15-21(22)33)32(34,35)36/h3-4,8,15-16,18-19,31,41H,2,5-7,9-14,17H2,1H3,(H,39,47)(H,40,42). The highest BCUT2D eigenvalue weighted by atomic mass is 35.5. The Kier molecular flexibility index (Phi) is 9.19. The number of carbonyl (C=O) groups excluding carboxylic acids is 3. The van der Waals surface area contributed by atoms with E-state index < -0.39 is 23.9 Å². The Labute approximate surface area is 290 Å². The molecule has 6 aliphatic heterocycles. The molecular weight excluding hydrogens is 681 g/mol. The minimum atomic E-state index is -4.59. The number of hydrogen-bond donors (Lipinski definition) is 3. The molecule has 0 radical (unpaired) electrons. The summed E-state index contributed by atoms with van der Waals surface area (Å²) in [6.07, 6.45) is 0.506. The largest absolute Gasteiger partial charge is 0.416 e. The summed E-state index contributed by atoms with van der Waals surface area (Å²) in [5.74, 6) is -0.422. The number of amides is 3. The van der Waals surface area contributed by atoms with Crippen molar-refractivity contribution in [2.75, 3.05) is 51.3 Å². The van der Waals surface area contributed by atoms with Crippen LogP contribution in [0.25, 0.3) is 0 Å². The van der Waals surface area contributed by atoms with Crippen molar-refractivity contribution >= 4 is 53.3 Å². The predicted molar refractivity (Wildman–Crippen MR) is 177 cm³/mol. The number of piperazine rings is 1. The van der Waals surface area contributed by atoms with Crippen LogP contribution in [-0.4, -0.2) is 108 Å². The summed E-state index contributed by atoms with van der Waals surface area (Å²) in [5.41, 5.74) is 7.21. The first-order valence-corrected chi connectivity index (χ1v) is 16.9. The smallest absolute Gasteiger partial charge is 0.381 e. The second kappa shape index (κ2) is 13.6. The summed E-state index contributed by atoms with van der Waals surface area (Å²) in [6, 6.07) is 2.72. The van der Waals surface area contributed by atoms with Gasteiger partial charge in [0, 0.05) is 69.4 Å². The van der Waals surface area contributed by atoms with E-state index in [9.17, 15) is 27.6 Å². The fourth-order valence-corrected chi connectivity index (χ4v) is 7.21. The fraction of sp³-hybridized carbons (Fsp3) is 0.500. The van der Waals surface area contributed by atoms with E-state index in [0.29, 0.717) is 80.9 Å². The van der Waals surface area contributed by atoms with Crippen molar-refractivity contribution in [1.29, 1.82) is 0 Å². The lowest BCUT2D eigenvalue weighted by molar-refractivity contribution is -0.141. The van der Waals surface area contributed by atoms with Crippen molar-refractivity contribution in [3.05, 3.63) is 51.6 Å². The second-order valence-corrected chi connectivity index (χ2v) is 13.0. The molecule has 6 aliphatic rings. The highest BCUT2D eigenvalue weighted by Gasteiger charge is 2.47. The highest BCUT2D eigenvalue weighted by Crippen LogP contribution is 2.36. The minimum absolute atomic E-state index is 0.00233. The van der Waals surface area contributed by atoms with E-state index >= 15 is 0 Å². The molecule has 1 aromatic carbocycles. The van der Waals surface area contributed by atoms with Gasteiger partial charge in [-0.3, -0.25) is 30.2 Å². The molecule has 3 N–H and O–H groups in total. The quantitative estimate of drug-likeness (QED) is 0.391. The van der Waals surface area contributed by atoms with Crippen LogP contribution in [0.4, 0.5) is 18.9 Å². The van der Waals surface area contributed by atoms with Gasteiger partial charge in [0.05, 0.1) is 22.0 Å². The molecule has 0 aliphatic carbocycles. The van der Waals surface area contributed by atoms with Crippen LogP contribution in [0.1, 0.15) is 38.2 Å². The fourth-order valence-electron chi connectivity index (χ4n) is 6.98. The topological polar surface area (TPSA) is 147 Å². The number of amidine groups is 1. The molecule has 2 saturated heterocycles. The highest BCUT2D eigenvalue weighted by molar-refractivity contribution is 6.33. The zero-order valence-corrected chi connectivity index (χ0v) is 27.9. The number of hydrazine groups is 1. The molecule has 7 rings (SSSR count). The van der Waals surface area contributed by atoms with E-state index in [0.717, 1.165) is 31.0 Å². The number of hydrogen-bond acceptors (Lipinski definition) is 11. The summed E-state index contributed by atoms with van der Waals surface area (Å²) in [4.78, 5) is 55.9. The molecule has 18 heteroatoms. The van der Waals surface area contributed by atoms with E-state index in [4.69, 9.17) is 21.3 Å². The van der Waals surface area contributed by atoms with Crippen LogP contribution in [0.5, 0.6) is 0 Å². The number of fused-ring (bicyclic) bond motifs is 2. The summed E-state index contributed by atoms with van der Waals surface area (Å²) >= 11 is 6.14. The number of anilines is 1. The number of alkyl halides is 3. The van der Waals surface area contributed by atoms with Gasteiger partial charge in [-0.1, -0.05) is 18.5 Å². The number of allylic oxidation sites excluding steroid dienone is 2. The maximum Gasteiger partial charge on any atom is 0.416 e. The van der Waals surface area contributed by atoms with Crippen molar-refractivity contribution in [3.8, 4) is 0 Å². The Bertz CT molecular complexity index is 1730. The average molecular weight is 717 g/mol. The first-order valence-electron chi connectivity index (χ1n) is 16.6. The number of ether oxygens (including phenoxy) is 1. The van der Waals surface area contributed by atoms with Gasteiger partial charge in [-0.05, 0) is 43.9 Å². The van der Waals surface area contributed by atoms with Crippen molar-refractivity contribution in [2.24, 2.45) is 26.9 Å². The number of hydrazone groups is 1. The number of nitrogens with one attached hydrogen (secondary N) is 3. The number of nitrogens with zero attached hydrogens (tertiary/aromatic N) is 7. The van der Waals surface area contributed by atoms with Gasteiger partial charge in [-0.15, -0.1) is 0 Å². The Balaban J connectivity index is 1.13. The van der Waals surface area contributed by atoms with E-state index in [2.05, 4.69) is 26.3 Å². The van der Waals surface area contributed by atoms with Gasteiger partial charge in [-0.25, -0.2) is 10.0 Å². The molecule has 2 atom stereocenters. The maximum absolute atomic E-state index is 14.3.